The van der Waals surface area contributed by atoms with E-state index < -0.39 is 0 Å². The lowest BCUT2D eigenvalue weighted by Gasteiger charge is -2.23. The van der Waals surface area contributed by atoms with Gasteiger partial charge in [0, 0.05) is 17.8 Å². The molecule has 1 atom stereocenters. The number of methoxy groups -OCH3 is 1. The van der Waals surface area contributed by atoms with Gasteiger partial charge in [-0.1, -0.05) is 0 Å². The van der Waals surface area contributed by atoms with E-state index in [0.29, 0.717) is 11.3 Å². The molecule has 4 rings (SSSR count). The molecule has 0 radical (unpaired) electrons. The Morgan fingerprint density at radius 1 is 1.33 bits per heavy atom. The summed E-state index contributed by atoms with van der Waals surface area (Å²) in [5, 5.41) is 0. The summed E-state index contributed by atoms with van der Waals surface area (Å²) in [6, 6.07) is 7.86. The number of hydrogen-bond donors (Lipinski definition) is 1. The Kier molecular flexibility index (Phi) is 3.69. The fourth-order valence-electron chi connectivity index (χ4n) is 3.28. The van der Waals surface area contributed by atoms with Gasteiger partial charge in [0.25, 0.3) is 0 Å². The highest BCUT2D eigenvalue weighted by Gasteiger charge is 2.29. The first-order valence-corrected chi connectivity index (χ1v) is 8.60. The number of nitrogens with one attached hydrogen (secondary N) is 1. The fraction of sp³-hybridized carbons (Fsp3) is 0.278. The molecule has 24 heavy (non-hydrogen) atoms. The highest BCUT2D eigenvalue weighted by atomic mass is 32.1. The van der Waals surface area contributed by atoms with E-state index in [1.807, 2.05) is 31.3 Å². The van der Waals surface area contributed by atoms with Crippen LogP contribution in [0.2, 0.25) is 0 Å². The van der Waals surface area contributed by atoms with Gasteiger partial charge in [0.1, 0.15) is 11.6 Å². The molecule has 0 saturated heterocycles. The molecular formula is C18H17N3O2S. The van der Waals surface area contributed by atoms with Crippen LogP contribution in [0.5, 0.6) is 5.75 Å². The Morgan fingerprint density at radius 2 is 2.21 bits per heavy atom. The number of fused-ring (bicyclic) bond motifs is 2. The molecule has 1 aromatic carbocycles. The molecular weight excluding hydrogens is 322 g/mol. The molecule has 0 fully saturated rings. The van der Waals surface area contributed by atoms with Crippen molar-refractivity contribution in [3.63, 3.8) is 0 Å². The molecule has 3 aromatic rings. The van der Waals surface area contributed by atoms with E-state index in [9.17, 15) is 4.21 Å². The van der Waals surface area contributed by atoms with E-state index in [0.717, 1.165) is 57.1 Å². The van der Waals surface area contributed by atoms with Gasteiger partial charge in [0.15, 0.2) is 0 Å². The van der Waals surface area contributed by atoms with Gasteiger partial charge < -0.3 is 9.72 Å². The zero-order chi connectivity index (χ0) is 16.7. The zero-order valence-electron chi connectivity index (χ0n) is 13.5. The van der Waals surface area contributed by atoms with Crippen molar-refractivity contribution in [1.82, 2.24) is 15.0 Å². The Bertz CT molecular complexity index is 989. The molecule has 1 unspecified atom stereocenters. The Morgan fingerprint density at radius 3 is 3.00 bits per heavy atom. The van der Waals surface area contributed by atoms with Crippen molar-refractivity contribution in [3.05, 3.63) is 53.1 Å². The van der Waals surface area contributed by atoms with Crippen LogP contribution < -0.4 is 4.74 Å². The summed E-state index contributed by atoms with van der Waals surface area (Å²) >= 11 is 0.584. The predicted molar refractivity (Wildman–Crippen MR) is 94.9 cm³/mol. The molecule has 0 amide bonds. The first-order chi connectivity index (χ1) is 11.7. The van der Waals surface area contributed by atoms with E-state index >= 15 is 0 Å². The molecule has 2 heterocycles. The number of benzene rings is 1. The lowest BCUT2D eigenvalue weighted by molar-refractivity contribution is 0.415. The molecule has 2 aromatic heterocycles. The first kappa shape index (κ1) is 15.1. The van der Waals surface area contributed by atoms with Gasteiger partial charge in [0.2, 0.25) is 0 Å². The van der Waals surface area contributed by atoms with E-state index in [-0.39, 0.29) is 5.92 Å². The molecule has 0 spiro atoms. The third kappa shape index (κ3) is 2.43. The Hall–Kier alpha value is -2.47. The zero-order valence-corrected chi connectivity index (χ0v) is 14.3. The number of pyridine rings is 1. The Balaban J connectivity index is 1.84. The van der Waals surface area contributed by atoms with Crippen molar-refractivity contribution < 1.29 is 8.95 Å². The van der Waals surface area contributed by atoms with Crippen LogP contribution in [0.25, 0.3) is 11.0 Å². The van der Waals surface area contributed by atoms with Crippen LogP contribution in [-0.2, 0) is 11.3 Å². The molecule has 1 N–H and O–H groups in total. The lowest BCUT2D eigenvalue weighted by atomic mass is 9.85. The topological polar surface area (TPSA) is 67.9 Å². The third-order valence-electron chi connectivity index (χ3n) is 4.48. The second-order valence-electron chi connectivity index (χ2n) is 6.05. The summed E-state index contributed by atoms with van der Waals surface area (Å²) in [6.07, 6.45) is 3.46. The van der Waals surface area contributed by atoms with Gasteiger partial charge in [-0.2, -0.15) is 0 Å². The summed E-state index contributed by atoms with van der Waals surface area (Å²) in [6.45, 7) is 2.00. The highest BCUT2D eigenvalue weighted by Crippen LogP contribution is 2.35. The smallest absolute Gasteiger partial charge is 0.121 e. The lowest BCUT2D eigenvalue weighted by Crippen LogP contribution is -2.20. The normalized spacial score (nSPS) is 16.9. The minimum absolute atomic E-state index is 0.0786. The van der Waals surface area contributed by atoms with Crippen molar-refractivity contribution in [3.8, 4) is 5.75 Å². The minimum Gasteiger partial charge on any atom is -0.497 e. The van der Waals surface area contributed by atoms with Crippen molar-refractivity contribution in [2.24, 2.45) is 0 Å². The largest absolute Gasteiger partial charge is 0.497 e. The molecule has 0 saturated carbocycles. The van der Waals surface area contributed by atoms with Gasteiger partial charge >= 0.3 is 0 Å². The number of aryl methyl sites for hydroxylation is 1. The first-order valence-electron chi connectivity index (χ1n) is 7.86. The van der Waals surface area contributed by atoms with Gasteiger partial charge in [-0.15, -0.1) is 0 Å². The number of aromatic nitrogens is 3. The van der Waals surface area contributed by atoms with E-state index in [1.165, 1.54) is 0 Å². The van der Waals surface area contributed by atoms with Crippen LogP contribution in [0.3, 0.4) is 0 Å². The van der Waals surface area contributed by atoms with Crippen LogP contribution in [0.1, 0.15) is 41.4 Å². The van der Waals surface area contributed by atoms with E-state index in [2.05, 4.69) is 16.0 Å². The Labute approximate surface area is 143 Å². The monoisotopic (exact) mass is 339 g/mol. The number of hydrogen-bond acceptors (Lipinski definition) is 4. The summed E-state index contributed by atoms with van der Waals surface area (Å²) in [7, 11) is 1.65. The predicted octanol–water partition coefficient (Wildman–Crippen LogP) is 2.93. The number of nitrogens with zero attached hydrogens (tertiary/aromatic N) is 2. The van der Waals surface area contributed by atoms with Gasteiger partial charge in [-0.05, 0) is 43.5 Å². The molecule has 1 aliphatic rings. The third-order valence-corrected chi connectivity index (χ3v) is 5.11. The van der Waals surface area contributed by atoms with Crippen LogP contribution in [0.15, 0.2) is 30.5 Å². The number of H-pyrrole nitrogens is 1. The van der Waals surface area contributed by atoms with Crippen molar-refractivity contribution in [2.75, 3.05) is 7.11 Å². The van der Waals surface area contributed by atoms with E-state index in [4.69, 9.17) is 9.72 Å². The summed E-state index contributed by atoms with van der Waals surface area (Å²) < 4.78 is 16.7. The standard InChI is InChI=1S/C18H17N3O2S/c1-10-7-13-16(24-22)6-4-12(17(13)19-9-10)18-20-14-5-3-11(23-2)8-15(14)21-18/h3,5,7-9,12H,4,6H2,1-2H3,(H,20,21). The maximum atomic E-state index is 11.4. The minimum atomic E-state index is 0.0786. The van der Waals surface area contributed by atoms with Gasteiger partial charge in [0.05, 0.1) is 45.9 Å². The molecule has 122 valence electrons. The summed E-state index contributed by atoms with van der Waals surface area (Å²) in [5.74, 6) is 1.77. The van der Waals surface area contributed by atoms with Gasteiger partial charge in [-0.3, -0.25) is 4.98 Å². The van der Waals surface area contributed by atoms with Gasteiger partial charge in [-0.25, -0.2) is 9.19 Å². The summed E-state index contributed by atoms with van der Waals surface area (Å²) in [4.78, 5) is 13.6. The summed E-state index contributed by atoms with van der Waals surface area (Å²) in [5.41, 5.74) is 4.84. The second kappa shape index (κ2) is 5.87. The van der Waals surface area contributed by atoms with Crippen LogP contribution in [-0.4, -0.2) is 31.1 Å². The number of ether oxygens (including phenoxy) is 1. The molecule has 0 bridgehead atoms. The number of aromatic amines is 1. The molecule has 0 aliphatic heterocycles. The van der Waals surface area contributed by atoms with Crippen LogP contribution in [0, 0.1) is 6.92 Å². The average Bonchev–Trinajstić information content (AvgIpc) is 3.03. The van der Waals surface area contributed by atoms with Crippen molar-refractivity contribution >= 4 is 27.2 Å². The number of rotatable bonds is 2. The maximum Gasteiger partial charge on any atom is 0.121 e. The van der Waals surface area contributed by atoms with Crippen molar-refractivity contribution in [2.45, 2.75) is 25.7 Å². The average molecular weight is 339 g/mol. The second-order valence-corrected chi connectivity index (χ2v) is 6.71. The van der Waals surface area contributed by atoms with E-state index in [1.54, 1.807) is 7.11 Å². The fourth-order valence-corrected chi connectivity index (χ4v) is 3.74. The maximum absolute atomic E-state index is 11.4. The molecule has 5 nitrogen and oxygen atoms in total. The van der Waals surface area contributed by atoms with Crippen LogP contribution in [0.4, 0.5) is 0 Å². The molecule has 6 heteroatoms. The van der Waals surface area contributed by atoms with Crippen molar-refractivity contribution in [1.29, 1.82) is 0 Å². The molecule has 1 aliphatic carbocycles. The van der Waals surface area contributed by atoms with Crippen LogP contribution >= 0.6 is 0 Å². The number of imidazole rings is 1. The SMILES string of the molecule is COc1ccc2nc(C3CCC(=S=O)c4cc(C)cnc43)[nH]c2c1. The highest BCUT2D eigenvalue weighted by molar-refractivity contribution is 7.67. The quantitative estimate of drug-likeness (QED) is 0.729.